The van der Waals surface area contributed by atoms with Crippen molar-refractivity contribution < 1.29 is 82.7 Å². The number of carbonyl (C=O) groups is 9. The Kier molecular flexibility index (Phi) is 67.2. The number of ketones is 6. The average molecular weight is 2140 g/mol. The van der Waals surface area contributed by atoms with Gasteiger partial charge in [0, 0.05) is 184 Å². The number of nitrogens with zero attached hydrogens (tertiary/aromatic N) is 11. The van der Waals surface area contributed by atoms with Crippen LogP contribution in [0, 0.1) is 81.8 Å². The Hall–Kier alpha value is -4.56. The van der Waals surface area contributed by atoms with Crippen LogP contribution in [0.5, 0.6) is 0 Å². The predicted molar refractivity (Wildman–Crippen MR) is 596 cm³/mol. The van der Waals surface area contributed by atoms with Gasteiger partial charge in [0.1, 0.15) is 34.7 Å². The molecule has 149 heavy (non-hydrogen) atoms. The zero-order chi connectivity index (χ0) is 114. The third kappa shape index (κ3) is 56.0. The summed E-state index contributed by atoms with van der Waals surface area (Å²) in [5.41, 5.74) is -0.0503. The maximum atomic E-state index is 12.4. The number of nitrogens with one attached hydrogen (secondary N) is 1. The van der Waals surface area contributed by atoms with Crippen LogP contribution < -0.4 is 5.32 Å². The first-order valence-corrected chi connectivity index (χ1v) is 58.7. The van der Waals surface area contributed by atoms with E-state index in [4.69, 9.17) is 0 Å². The summed E-state index contributed by atoms with van der Waals surface area (Å²) in [4.78, 5) is 133. The number of hydrogen-bond donors (Lipinski definition) is 1. The van der Waals surface area contributed by atoms with Crippen LogP contribution in [0.4, 0.5) is 39.5 Å². The summed E-state index contributed by atoms with van der Waals surface area (Å²) in [7, 11) is 3.88. The van der Waals surface area contributed by atoms with Crippen molar-refractivity contribution in [1.29, 1.82) is 0 Å². The van der Waals surface area contributed by atoms with Crippen molar-refractivity contribution in [2.45, 2.75) is 500 Å². The number of rotatable bonds is 36. The minimum atomic E-state index is -4.26. The van der Waals surface area contributed by atoms with E-state index >= 15 is 0 Å². The monoisotopic (exact) mass is 2140 g/mol. The van der Waals surface area contributed by atoms with E-state index in [0.29, 0.717) is 151 Å². The van der Waals surface area contributed by atoms with Gasteiger partial charge in [-0.05, 0) is 416 Å². The van der Waals surface area contributed by atoms with Crippen molar-refractivity contribution in [3.05, 3.63) is 0 Å². The smallest absolute Gasteiger partial charge is 0.354 e. The number of halogens is 9. The summed E-state index contributed by atoms with van der Waals surface area (Å²) < 4.78 is 109. The summed E-state index contributed by atoms with van der Waals surface area (Å²) in [6.07, 6.45) is 4.00. The first-order chi connectivity index (χ1) is 68.8. The van der Waals surface area contributed by atoms with Crippen molar-refractivity contribution in [3.8, 4) is 0 Å². The van der Waals surface area contributed by atoms with Gasteiger partial charge in [-0.15, -0.1) is 0 Å². The van der Waals surface area contributed by atoms with Gasteiger partial charge in [-0.2, -0.15) is 39.5 Å². The molecule has 876 valence electrons. The van der Waals surface area contributed by atoms with Crippen molar-refractivity contribution in [2.75, 3.05) is 132 Å². The highest BCUT2D eigenvalue weighted by atomic mass is 19.4. The molecule has 0 bridgehead atoms. The summed E-state index contributed by atoms with van der Waals surface area (Å²) in [6, 6.07) is 5.91. The average Bonchev–Trinajstić information content (AvgIpc) is 1.56. The standard InChI is InChI=1S/C15H30N2O.C15H29NO.C14H27NO.2C13H22F3NO.C13H26N2O.C13H25NO.C12H20F3NO.C11H22N2O/c1-11(2)13(5)16(6)15(18)14-7-9-17(10-8-14)12(3)4;1-6-15(14(17)11-12(2)3)7-9-16(10-8-15)13(4)5;1-11(2)10-13(16)14(5)6-8-15(9-7-14)12(3)4;1-9(2)17-6-4-11(5-7-17)12(18)8-10(3)13(14,15)16;1-10(2)17-8-5-11(6-9-17)12(18)4-3-7-13(14,15)16;1-10(2)14(5)13(16)12-6-8-15(9-7-12)11(3)4;1-10(2)9-13(15)12-5-7-14(8-6-12)11(3)4;1-9(2)16-7-4-10(5-8-16)11(17)3-6-12(13,14)15;1-8(2)12-11(14)10-5-6-13(7-10)9(3)4/h11-14H,7-10H2,1-6H3;12-13H,6-11H2,1-5H3;11-12H,6-10H2,1-5H3;9-11H,4-8H2,1-3H3;10-11H,3-9H2,1-2H3;10-12H,6-9H2,1-5H3;10-12H,5-9H2,1-4H3;9-10H,3-8H2,1-2H3;8-10H,5-7H2,1-4H3,(H,12,14). The number of alkyl halides is 9. The Morgan fingerprint density at radius 1 is 0.315 bits per heavy atom. The minimum Gasteiger partial charge on any atom is -0.354 e. The first kappa shape index (κ1) is 142. The third-order valence-corrected chi connectivity index (χ3v) is 33.3. The highest BCUT2D eigenvalue weighted by molar-refractivity contribution is 5.86. The summed E-state index contributed by atoms with van der Waals surface area (Å²) in [5, 5.41) is 2.98. The van der Waals surface area contributed by atoms with Gasteiger partial charge in [0.2, 0.25) is 17.7 Å². The quantitative estimate of drug-likeness (QED) is 0.0580. The normalized spacial score (nSPS) is 20.7. The van der Waals surface area contributed by atoms with Gasteiger partial charge >= 0.3 is 18.5 Å². The predicted octanol–water partition coefficient (Wildman–Crippen LogP) is 24.9. The molecule has 0 saturated carbocycles. The second-order valence-corrected chi connectivity index (χ2v) is 50.3. The molecule has 9 heterocycles. The van der Waals surface area contributed by atoms with Gasteiger partial charge < -0.3 is 59.2 Å². The third-order valence-electron chi connectivity index (χ3n) is 33.3. The van der Waals surface area contributed by atoms with E-state index in [-0.39, 0.29) is 101 Å². The van der Waals surface area contributed by atoms with Gasteiger partial charge in [-0.1, -0.05) is 76.2 Å². The van der Waals surface area contributed by atoms with Crippen LogP contribution in [-0.4, -0.2) is 329 Å². The number of likely N-dealkylation sites (tertiary alicyclic amines) is 9. The van der Waals surface area contributed by atoms with E-state index < -0.39 is 37.3 Å². The number of Topliss-reactive ketones (excluding diaryl/α,β-unsaturated/α-hetero) is 6. The molecule has 3 amide bonds. The number of piperidine rings is 8. The number of amides is 3. The molecule has 9 aliphatic heterocycles. The molecule has 0 aromatic carbocycles. The molecule has 0 aliphatic carbocycles. The molecule has 0 radical (unpaired) electrons. The fourth-order valence-corrected chi connectivity index (χ4v) is 21.2. The maximum absolute atomic E-state index is 12.4. The molecule has 21 nitrogen and oxygen atoms in total. The Balaban J connectivity index is 0.000000839. The molecule has 30 heteroatoms. The highest BCUT2D eigenvalue weighted by Crippen LogP contribution is 2.41. The van der Waals surface area contributed by atoms with Crippen molar-refractivity contribution in [1.82, 2.24) is 59.2 Å². The minimum absolute atomic E-state index is 0.00431. The van der Waals surface area contributed by atoms with Crippen molar-refractivity contribution in [2.24, 2.45) is 81.8 Å². The zero-order valence-corrected chi connectivity index (χ0v) is 101. The van der Waals surface area contributed by atoms with Crippen LogP contribution >= 0.6 is 0 Å². The highest BCUT2D eigenvalue weighted by Gasteiger charge is 2.44. The number of hydrogen-bond acceptors (Lipinski definition) is 18. The molecule has 0 spiro atoms. The lowest BCUT2D eigenvalue weighted by molar-refractivity contribution is -0.174. The molecule has 9 aliphatic rings. The maximum Gasteiger partial charge on any atom is 0.391 e. The van der Waals surface area contributed by atoms with Crippen LogP contribution in [0.2, 0.25) is 0 Å². The van der Waals surface area contributed by atoms with E-state index in [0.717, 1.165) is 234 Å². The largest absolute Gasteiger partial charge is 0.391 e. The molecule has 0 aromatic rings. The van der Waals surface area contributed by atoms with Crippen LogP contribution in [0.1, 0.15) is 409 Å². The molecule has 9 fully saturated rings. The molecule has 3 atom stereocenters. The number of carbonyl (C=O) groups excluding carboxylic acids is 9. The zero-order valence-electron chi connectivity index (χ0n) is 101. The lowest BCUT2D eigenvalue weighted by Crippen LogP contribution is -2.46. The van der Waals surface area contributed by atoms with Crippen LogP contribution in [0.3, 0.4) is 0 Å². The lowest BCUT2D eigenvalue weighted by atomic mass is 9.71. The molecule has 0 aromatic heterocycles. The second-order valence-electron chi connectivity index (χ2n) is 50.3. The molecule has 3 unspecified atom stereocenters. The SMILES string of the molecule is CC(C)C(C)N(C)C(=O)C1CCN(C(C)C)CC1.CC(C)CC(=O)C1(C)CCN(C(C)C)CC1.CC(C)CC(=O)C1CCN(C(C)C)CC1.CC(C)N1CCC(C(=O)CC(C)C(F)(F)F)CC1.CC(C)N1CCC(C(=O)CCC(F)(F)F)CC1.CC(C)N1CCC(C(=O)CCCC(F)(F)F)CC1.CC(C)N1CCC(C(=O)N(C)C(C)C)CC1.CC(C)NC(=O)C1CCN(C(C)C)C1.CCC1(C(=O)CC(C)C)CCN(C(C)C)CC1. The van der Waals surface area contributed by atoms with E-state index in [9.17, 15) is 82.7 Å². The van der Waals surface area contributed by atoms with E-state index in [1.54, 1.807) is 0 Å². The molecule has 9 rings (SSSR count). The fraction of sp³-hybridized carbons (Fsp3) is 0.924. The van der Waals surface area contributed by atoms with Gasteiger partial charge in [0.25, 0.3) is 0 Å². The summed E-state index contributed by atoms with van der Waals surface area (Å²) in [6.45, 7) is 90.0. The van der Waals surface area contributed by atoms with Crippen LogP contribution in [-0.2, 0) is 43.2 Å². The van der Waals surface area contributed by atoms with Gasteiger partial charge in [-0.3, -0.25) is 43.2 Å². The van der Waals surface area contributed by atoms with Crippen LogP contribution in [0.25, 0.3) is 0 Å². The molecular weight excluding hydrogens is 1910 g/mol. The van der Waals surface area contributed by atoms with Gasteiger partial charge in [0.05, 0.1) is 18.3 Å². The van der Waals surface area contributed by atoms with Crippen molar-refractivity contribution >= 4 is 52.4 Å². The fourth-order valence-electron chi connectivity index (χ4n) is 21.2. The van der Waals surface area contributed by atoms with E-state index in [1.165, 1.54) is 0 Å². The van der Waals surface area contributed by atoms with E-state index in [2.05, 4.69) is 264 Å². The van der Waals surface area contributed by atoms with E-state index in [1.807, 2.05) is 37.7 Å². The Labute approximate surface area is 903 Å². The molecular formula is C119H223F9N12O9. The van der Waals surface area contributed by atoms with Crippen molar-refractivity contribution in [3.63, 3.8) is 0 Å². The Morgan fingerprint density at radius 3 is 0.859 bits per heavy atom. The Morgan fingerprint density at radius 2 is 0.584 bits per heavy atom. The molecule has 1 N–H and O–H groups in total. The lowest BCUT2D eigenvalue weighted by Gasteiger charge is -2.42. The second kappa shape index (κ2) is 70.3. The molecule has 9 saturated heterocycles. The Bertz CT molecular complexity index is 3690. The summed E-state index contributed by atoms with van der Waals surface area (Å²) in [5.74, 6) is 3.17. The van der Waals surface area contributed by atoms with Gasteiger partial charge in [-0.25, -0.2) is 0 Å². The first-order valence-electron chi connectivity index (χ1n) is 58.7. The van der Waals surface area contributed by atoms with Gasteiger partial charge in [0.15, 0.2) is 0 Å². The van der Waals surface area contributed by atoms with Crippen LogP contribution in [0.15, 0.2) is 0 Å². The topological polar surface area (TPSA) is 201 Å². The summed E-state index contributed by atoms with van der Waals surface area (Å²) >= 11 is 0.